The van der Waals surface area contributed by atoms with Crippen molar-refractivity contribution in [3.8, 4) is 5.75 Å². The number of rotatable bonds is 12. The number of aliphatic carboxylic acids is 1. The first-order valence-electron chi connectivity index (χ1n) is 12.6. The van der Waals surface area contributed by atoms with Gasteiger partial charge in [-0.15, -0.1) is 0 Å². The molecule has 12 heteroatoms. The molecule has 1 aliphatic heterocycles. The molecule has 0 radical (unpaired) electrons. The van der Waals surface area contributed by atoms with Gasteiger partial charge < -0.3 is 36.8 Å². The molecular weight excluding hydrogens is 506 g/mol. The molecule has 0 bridgehead atoms. The van der Waals surface area contributed by atoms with Gasteiger partial charge in [0.15, 0.2) is 0 Å². The molecule has 208 valence electrons. The predicted molar refractivity (Wildman–Crippen MR) is 140 cm³/mol. The van der Waals surface area contributed by atoms with E-state index in [0.717, 1.165) is 5.56 Å². The molecule has 3 atom stereocenters. The topological polar surface area (TPSA) is 191 Å². The highest BCUT2D eigenvalue weighted by Crippen LogP contribution is 2.20. The third-order valence-corrected chi connectivity index (χ3v) is 6.38. The molecule has 2 aromatic rings. The zero-order valence-electron chi connectivity index (χ0n) is 21.3. The largest absolute Gasteiger partial charge is 0.508 e. The first-order chi connectivity index (χ1) is 18.7. The van der Waals surface area contributed by atoms with E-state index in [1.165, 1.54) is 17.0 Å². The maximum atomic E-state index is 13.6. The van der Waals surface area contributed by atoms with Crippen LogP contribution in [0.3, 0.4) is 0 Å². The van der Waals surface area contributed by atoms with Crippen molar-refractivity contribution in [2.24, 2.45) is 5.73 Å². The molecule has 2 aromatic carbocycles. The summed E-state index contributed by atoms with van der Waals surface area (Å²) in [6, 6.07) is 11.8. The maximum Gasteiger partial charge on any atom is 0.326 e. The van der Waals surface area contributed by atoms with Gasteiger partial charge in [-0.05, 0) is 36.1 Å². The third kappa shape index (κ3) is 8.54. The lowest BCUT2D eigenvalue weighted by atomic mass is 10.0. The van der Waals surface area contributed by atoms with Crippen LogP contribution in [0.1, 0.15) is 24.0 Å². The van der Waals surface area contributed by atoms with Gasteiger partial charge in [-0.3, -0.25) is 19.2 Å². The van der Waals surface area contributed by atoms with Gasteiger partial charge in [-0.25, -0.2) is 4.79 Å². The van der Waals surface area contributed by atoms with Crippen molar-refractivity contribution in [3.05, 3.63) is 65.7 Å². The Morgan fingerprint density at radius 2 is 1.54 bits per heavy atom. The van der Waals surface area contributed by atoms with Crippen LogP contribution in [-0.2, 0) is 36.8 Å². The normalized spacial score (nSPS) is 16.1. The number of nitrogens with one attached hydrogen (secondary N) is 3. The number of hydrogen-bond donors (Lipinski definition) is 6. The summed E-state index contributed by atoms with van der Waals surface area (Å²) >= 11 is 0. The smallest absolute Gasteiger partial charge is 0.326 e. The fourth-order valence-corrected chi connectivity index (χ4v) is 4.39. The van der Waals surface area contributed by atoms with Gasteiger partial charge in [0.25, 0.3) is 0 Å². The minimum absolute atomic E-state index is 0.0107. The zero-order chi connectivity index (χ0) is 28.4. The van der Waals surface area contributed by atoms with Crippen molar-refractivity contribution in [2.75, 3.05) is 19.6 Å². The number of nitrogens with two attached hydrogens (primary N) is 1. The van der Waals surface area contributed by atoms with Crippen molar-refractivity contribution in [1.29, 1.82) is 0 Å². The molecule has 3 rings (SSSR count). The SMILES string of the molecule is NCC(=O)NCC(=O)N[C@@H](Cc1ccccc1)C(=O)N1CCC[C@H]1C(=O)N[C@@H](Cc1ccc(O)cc1)C(=O)O. The Morgan fingerprint density at radius 3 is 2.18 bits per heavy atom. The molecule has 1 saturated heterocycles. The summed E-state index contributed by atoms with van der Waals surface area (Å²) in [5.74, 6) is -3.40. The number of carboxylic acids is 1. The number of phenols is 1. The van der Waals surface area contributed by atoms with E-state index >= 15 is 0 Å². The van der Waals surface area contributed by atoms with Gasteiger partial charge in [0, 0.05) is 19.4 Å². The van der Waals surface area contributed by atoms with Crippen molar-refractivity contribution in [1.82, 2.24) is 20.9 Å². The van der Waals surface area contributed by atoms with Crippen LogP contribution in [0.2, 0.25) is 0 Å². The van der Waals surface area contributed by atoms with Crippen molar-refractivity contribution in [2.45, 2.75) is 43.8 Å². The first kappa shape index (κ1) is 29.1. The summed E-state index contributed by atoms with van der Waals surface area (Å²) in [5, 5.41) is 26.7. The predicted octanol–water partition coefficient (Wildman–Crippen LogP) is -0.702. The lowest BCUT2D eigenvalue weighted by Gasteiger charge is -2.29. The van der Waals surface area contributed by atoms with E-state index in [1.54, 1.807) is 36.4 Å². The Bertz CT molecular complexity index is 1170. The fraction of sp³-hybridized carbons (Fsp3) is 0.370. The quantitative estimate of drug-likeness (QED) is 0.204. The van der Waals surface area contributed by atoms with Crippen LogP contribution in [0.5, 0.6) is 5.75 Å². The van der Waals surface area contributed by atoms with Gasteiger partial charge in [-0.1, -0.05) is 42.5 Å². The molecular formula is C27H33N5O7. The van der Waals surface area contributed by atoms with Gasteiger partial charge in [0.2, 0.25) is 23.6 Å². The van der Waals surface area contributed by atoms with Gasteiger partial charge >= 0.3 is 5.97 Å². The average molecular weight is 540 g/mol. The number of phenolic OH excluding ortho intramolecular Hbond substituents is 1. The number of aromatic hydroxyl groups is 1. The number of nitrogens with zero attached hydrogens (tertiary/aromatic N) is 1. The second-order valence-corrected chi connectivity index (χ2v) is 9.25. The fourth-order valence-electron chi connectivity index (χ4n) is 4.39. The van der Waals surface area contributed by atoms with Gasteiger partial charge in [-0.2, -0.15) is 0 Å². The number of likely N-dealkylation sites (tertiary alicyclic amines) is 1. The average Bonchev–Trinajstić information content (AvgIpc) is 3.42. The summed E-state index contributed by atoms with van der Waals surface area (Å²) in [4.78, 5) is 64.0. The highest BCUT2D eigenvalue weighted by atomic mass is 16.4. The standard InChI is InChI=1S/C27H33N5O7/c28-15-23(34)29-16-24(35)30-20(13-17-5-2-1-3-6-17)26(37)32-12-4-7-22(32)25(36)31-21(27(38)39)14-18-8-10-19(33)11-9-18/h1-3,5-6,8-11,20-22,33H,4,7,12-16,28H2,(H,29,34)(H,30,35)(H,31,36)(H,38,39)/t20-,21-,22-/m0/s1. The van der Waals surface area contributed by atoms with Gasteiger partial charge in [0.1, 0.15) is 23.9 Å². The molecule has 1 aliphatic rings. The highest BCUT2D eigenvalue weighted by molar-refractivity contribution is 5.94. The van der Waals surface area contributed by atoms with E-state index in [2.05, 4.69) is 16.0 Å². The molecule has 1 heterocycles. The monoisotopic (exact) mass is 539 g/mol. The molecule has 0 aliphatic carbocycles. The molecule has 39 heavy (non-hydrogen) atoms. The summed E-state index contributed by atoms with van der Waals surface area (Å²) in [6.07, 6.45) is 1.00. The number of hydrogen-bond acceptors (Lipinski definition) is 7. The Kier molecular flexibility index (Phi) is 10.4. The number of benzene rings is 2. The van der Waals surface area contributed by atoms with Crippen LogP contribution in [0.4, 0.5) is 0 Å². The summed E-state index contributed by atoms with van der Waals surface area (Å²) < 4.78 is 0. The summed E-state index contributed by atoms with van der Waals surface area (Å²) in [6.45, 7) is -0.387. The van der Waals surface area contributed by atoms with Gasteiger partial charge in [0.05, 0.1) is 13.1 Å². The van der Waals surface area contributed by atoms with Crippen LogP contribution in [0, 0.1) is 0 Å². The second kappa shape index (κ2) is 13.9. The lowest BCUT2D eigenvalue weighted by molar-refractivity contribution is -0.144. The van der Waals surface area contributed by atoms with E-state index in [1.807, 2.05) is 6.07 Å². The van der Waals surface area contributed by atoms with Crippen LogP contribution >= 0.6 is 0 Å². The minimum Gasteiger partial charge on any atom is -0.508 e. The molecule has 0 saturated carbocycles. The van der Waals surface area contributed by atoms with E-state index in [4.69, 9.17) is 5.73 Å². The molecule has 1 fully saturated rings. The highest BCUT2D eigenvalue weighted by Gasteiger charge is 2.39. The maximum absolute atomic E-state index is 13.6. The van der Waals surface area contributed by atoms with Crippen LogP contribution in [-0.4, -0.2) is 82.5 Å². The third-order valence-electron chi connectivity index (χ3n) is 6.38. The minimum atomic E-state index is -1.24. The van der Waals surface area contributed by atoms with Crippen LogP contribution in [0.25, 0.3) is 0 Å². The molecule has 7 N–H and O–H groups in total. The Hall–Kier alpha value is -4.45. The first-order valence-corrected chi connectivity index (χ1v) is 12.6. The molecule has 0 spiro atoms. The van der Waals surface area contributed by atoms with E-state index < -0.39 is 47.7 Å². The van der Waals surface area contributed by atoms with Crippen LogP contribution < -0.4 is 21.7 Å². The molecule has 12 nitrogen and oxygen atoms in total. The number of carboxylic acid groups (broad SMARTS) is 1. The number of carbonyl (C=O) groups excluding carboxylic acids is 4. The Labute approximate surface area is 225 Å². The van der Waals surface area contributed by atoms with Crippen molar-refractivity contribution >= 4 is 29.6 Å². The molecule has 0 aromatic heterocycles. The lowest BCUT2D eigenvalue weighted by Crippen LogP contribution is -2.56. The number of carbonyl (C=O) groups is 5. The zero-order valence-corrected chi connectivity index (χ0v) is 21.3. The summed E-state index contributed by atoms with van der Waals surface area (Å²) in [5.41, 5.74) is 6.63. The van der Waals surface area contributed by atoms with E-state index in [-0.39, 0.29) is 38.2 Å². The van der Waals surface area contributed by atoms with Crippen LogP contribution in [0.15, 0.2) is 54.6 Å². The van der Waals surface area contributed by atoms with Crippen molar-refractivity contribution in [3.63, 3.8) is 0 Å². The van der Waals surface area contributed by atoms with E-state index in [9.17, 15) is 34.2 Å². The van der Waals surface area contributed by atoms with E-state index in [0.29, 0.717) is 18.4 Å². The Morgan fingerprint density at radius 1 is 0.897 bits per heavy atom. The Balaban J connectivity index is 1.72. The van der Waals surface area contributed by atoms with Crippen molar-refractivity contribution < 1.29 is 34.2 Å². The number of amides is 4. The molecule has 4 amide bonds. The second-order valence-electron chi connectivity index (χ2n) is 9.25. The molecule has 0 unspecified atom stereocenters. The summed E-state index contributed by atoms with van der Waals surface area (Å²) in [7, 11) is 0.